The summed E-state index contributed by atoms with van der Waals surface area (Å²) in [7, 11) is 0. The third-order valence-electron chi connectivity index (χ3n) is 6.13. The SMILES string of the molecule is CCCCOC(=O)c1ccc(N2C(=O)C(Cl)=C(Nc3ccc(C(=O)Oc4cc(C)c(Cl)c(C)c4)cc3)C2=O)cc1. The summed E-state index contributed by atoms with van der Waals surface area (Å²) >= 11 is 12.4. The van der Waals surface area contributed by atoms with Gasteiger partial charge in [-0.05, 0) is 92.1 Å². The summed E-state index contributed by atoms with van der Waals surface area (Å²) in [5.41, 5.74) is 2.73. The molecule has 3 aromatic rings. The Morgan fingerprint density at radius 3 is 2.02 bits per heavy atom. The first-order chi connectivity index (χ1) is 19.1. The average molecular weight is 581 g/mol. The highest BCUT2D eigenvalue weighted by Gasteiger charge is 2.39. The molecule has 1 aliphatic rings. The summed E-state index contributed by atoms with van der Waals surface area (Å²) in [5, 5.41) is 3.19. The highest BCUT2D eigenvalue weighted by Crippen LogP contribution is 2.31. The van der Waals surface area contributed by atoms with E-state index in [9.17, 15) is 19.2 Å². The monoisotopic (exact) mass is 580 g/mol. The van der Waals surface area contributed by atoms with E-state index in [1.807, 2.05) is 20.8 Å². The predicted octanol–water partition coefficient (Wildman–Crippen LogP) is 6.57. The third-order valence-corrected chi connectivity index (χ3v) is 7.08. The number of carbonyl (C=O) groups is 4. The van der Waals surface area contributed by atoms with Crippen molar-refractivity contribution in [2.75, 3.05) is 16.8 Å². The second kappa shape index (κ2) is 12.4. The third kappa shape index (κ3) is 6.19. The van der Waals surface area contributed by atoms with Crippen LogP contribution in [0, 0.1) is 13.8 Å². The fourth-order valence-electron chi connectivity index (χ4n) is 3.95. The minimum atomic E-state index is -0.707. The highest BCUT2D eigenvalue weighted by molar-refractivity contribution is 6.53. The number of unbranched alkanes of at least 4 members (excludes halogenated alkanes) is 1. The number of ether oxygens (including phenoxy) is 2. The Labute approximate surface area is 241 Å². The van der Waals surface area contributed by atoms with Crippen molar-refractivity contribution in [3.05, 3.63) is 98.7 Å². The molecule has 10 heteroatoms. The molecule has 0 atom stereocenters. The smallest absolute Gasteiger partial charge is 0.343 e. The molecule has 0 bridgehead atoms. The molecule has 0 saturated carbocycles. The molecule has 0 spiro atoms. The Morgan fingerprint density at radius 1 is 0.850 bits per heavy atom. The molecule has 0 saturated heterocycles. The molecule has 3 aromatic carbocycles. The van der Waals surface area contributed by atoms with E-state index in [1.54, 1.807) is 24.3 Å². The van der Waals surface area contributed by atoms with Crippen LogP contribution in [0.25, 0.3) is 0 Å². The summed E-state index contributed by atoms with van der Waals surface area (Å²) in [6.45, 7) is 5.96. The van der Waals surface area contributed by atoms with Crippen LogP contribution in [0.4, 0.5) is 11.4 Å². The molecule has 40 heavy (non-hydrogen) atoms. The van der Waals surface area contributed by atoms with Crippen LogP contribution in [0.5, 0.6) is 5.75 Å². The lowest BCUT2D eigenvalue weighted by atomic mass is 10.1. The topological polar surface area (TPSA) is 102 Å². The average Bonchev–Trinajstić information content (AvgIpc) is 3.15. The molecule has 0 aliphatic carbocycles. The summed E-state index contributed by atoms with van der Waals surface area (Å²) < 4.78 is 10.6. The van der Waals surface area contributed by atoms with Crippen molar-refractivity contribution in [2.45, 2.75) is 33.6 Å². The number of nitrogens with zero attached hydrogens (tertiary/aromatic N) is 1. The number of esters is 2. The van der Waals surface area contributed by atoms with Crippen molar-refractivity contribution in [1.29, 1.82) is 0 Å². The lowest BCUT2D eigenvalue weighted by Crippen LogP contribution is -2.32. The quantitative estimate of drug-likeness (QED) is 0.132. The number of nitrogens with one attached hydrogen (secondary N) is 1. The number of rotatable bonds is 9. The summed E-state index contributed by atoms with van der Waals surface area (Å²) in [4.78, 5) is 51.6. The van der Waals surface area contributed by atoms with E-state index < -0.39 is 23.8 Å². The van der Waals surface area contributed by atoms with Crippen molar-refractivity contribution < 1.29 is 28.7 Å². The fourth-order valence-corrected chi connectivity index (χ4v) is 4.27. The van der Waals surface area contributed by atoms with Gasteiger partial charge in [0.05, 0.1) is 23.4 Å². The molecular weight excluding hydrogens is 555 g/mol. The summed E-state index contributed by atoms with van der Waals surface area (Å²) in [6.07, 6.45) is 1.66. The first-order valence-electron chi connectivity index (χ1n) is 12.5. The van der Waals surface area contributed by atoms with Gasteiger partial charge >= 0.3 is 11.9 Å². The van der Waals surface area contributed by atoms with Gasteiger partial charge in [0.15, 0.2) is 0 Å². The summed E-state index contributed by atoms with van der Waals surface area (Å²) in [6, 6.07) is 15.4. The molecule has 2 amide bonds. The van der Waals surface area contributed by atoms with Gasteiger partial charge in [0.25, 0.3) is 11.8 Å². The van der Waals surface area contributed by atoms with E-state index in [0.717, 1.165) is 28.9 Å². The lowest BCUT2D eigenvalue weighted by Gasteiger charge is -2.15. The number of hydrogen-bond acceptors (Lipinski definition) is 7. The van der Waals surface area contributed by atoms with Crippen LogP contribution in [0.2, 0.25) is 5.02 Å². The molecule has 8 nitrogen and oxygen atoms in total. The van der Waals surface area contributed by atoms with Gasteiger partial charge in [-0.25, -0.2) is 14.5 Å². The van der Waals surface area contributed by atoms with Crippen LogP contribution >= 0.6 is 23.2 Å². The standard InChI is InChI=1S/C30H26Cl2N2O6/c1-4-5-14-39-29(37)19-8-12-22(13-9-19)34-27(35)25(32)26(28(34)36)33-21-10-6-20(7-11-21)30(38)40-23-15-17(2)24(31)18(3)16-23/h6-13,15-16,33H,4-5,14H2,1-3H3. The van der Waals surface area contributed by atoms with Gasteiger partial charge in [0.2, 0.25) is 0 Å². The van der Waals surface area contributed by atoms with Gasteiger partial charge in [0, 0.05) is 10.7 Å². The van der Waals surface area contributed by atoms with E-state index in [1.165, 1.54) is 36.4 Å². The second-order valence-corrected chi connectivity index (χ2v) is 9.89. The van der Waals surface area contributed by atoms with Crippen molar-refractivity contribution in [3.63, 3.8) is 0 Å². The normalized spacial score (nSPS) is 13.1. The van der Waals surface area contributed by atoms with Crippen LogP contribution in [0.3, 0.4) is 0 Å². The molecule has 1 N–H and O–H groups in total. The Morgan fingerprint density at radius 2 is 1.43 bits per heavy atom. The number of aryl methyl sites for hydroxylation is 2. The van der Waals surface area contributed by atoms with E-state index in [-0.39, 0.29) is 22.0 Å². The van der Waals surface area contributed by atoms with Gasteiger partial charge in [-0.3, -0.25) is 9.59 Å². The zero-order valence-electron chi connectivity index (χ0n) is 22.0. The van der Waals surface area contributed by atoms with E-state index in [2.05, 4.69) is 5.32 Å². The Hall–Kier alpha value is -4.14. The number of benzene rings is 3. The zero-order chi connectivity index (χ0) is 29.0. The number of anilines is 2. The van der Waals surface area contributed by atoms with Crippen LogP contribution in [-0.2, 0) is 14.3 Å². The number of imide groups is 1. The Bertz CT molecular complexity index is 1490. The van der Waals surface area contributed by atoms with E-state index in [0.29, 0.717) is 28.6 Å². The molecule has 0 radical (unpaired) electrons. The first kappa shape index (κ1) is 28.9. The van der Waals surface area contributed by atoms with Crippen LogP contribution in [-0.4, -0.2) is 30.4 Å². The highest BCUT2D eigenvalue weighted by atomic mass is 35.5. The number of hydrogen-bond donors (Lipinski definition) is 1. The molecule has 4 rings (SSSR count). The van der Waals surface area contributed by atoms with Crippen LogP contribution < -0.4 is 15.0 Å². The van der Waals surface area contributed by atoms with E-state index >= 15 is 0 Å². The first-order valence-corrected chi connectivity index (χ1v) is 13.3. The number of amides is 2. The number of halogens is 2. The molecule has 1 aliphatic heterocycles. The molecule has 1 heterocycles. The van der Waals surface area contributed by atoms with E-state index in [4.69, 9.17) is 32.7 Å². The van der Waals surface area contributed by atoms with Gasteiger partial charge in [0.1, 0.15) is 16.5 Å². The maximum atomic E-state index is 13.1. The Balaban J connectivity index is 1.42. The van der Waals surface area contributed by atoms with Gasteiger partial charge < -0.3 is 14.8 Å². The Kier molecular flexibility index (Phi) is 8.92. The van der Waals surface area contributed by atoms with Crippen molar-refractivity contribution >= 4 is 58.3 Å². The molecule has 0 fully saturated rings. The largest absolute Gasteiger partial charge is 0.462 e. The minimum absolute atomic E-state index is 0.114. The summed E-state index contributed by atoms with van der Waals surface area (Å²) in [5.74, 6) is -2.05. The molecule has 0 aromatic heterocycles. The van der Waals surface area contributed by atoms with Crippen LogP contribution in [0.1, 0.15) is 51.6 Å². The zero-order valence-corrected chi connectivity index (χ0v) is 23.6. The minimum Gasteiger partial charge on any atom is -0.462 e. The van der Waals surface area contributed by atoms with Crippen LogP contribution in [0.15, 0.2) is 71.4 Å². The van der Waals surface area contributed by atoms with Gasteiger partial charge in [-0.2, -0.15) is 0 Å². The van der Waals surface area contributed by atoms with Gasteiger partial charge in [-0.15, -0.1) is 0 Å². The fraction of sp³-hybridized carbons (Fsp3) is 0.200. The molecule has 206 valence electrons. The van der Waals surface area contributed by atoms with Crippen molar-refractivity contribution in [1.82, 2.24) is 0 Å². The molecule has 0 unspecified atom stereocenters. The number of carbonyl (C=O) groups excluding carboxylic acids is 4. The van der Waals surface area contributed by atoms with Gasteiger partial charge in [-0.1, -0.05) is 36.5 Å². The second-order valence-electron chi connectivity index (χ2n) is 9.13. The lowest BCUT2D eigenvalue weighted by molar-refractivity contribution is -0.120. The predicted molar refractivity (Wildman–Crippen MR) is 153 cm³/mol. The molecular formula is C30H26Cl2N2O6. The van der Waals surface area contributed by atoms with Crippen molar-refractivity contribution in [3.8, 4) is 5.75 Å². The van der Waals surface area contributed by atoms with Crippen molar-refractivity contribution in [2.24, 2.45) is 0 Å². The maximum Gasteiger partial charge on any atom is 0.343 e. The maximum absolute atomic E-state index is 13.1.